The van der Waals surface area contributed by atoms with Gasteiger partial charge in [-0.05, 0) is 57.2 Å². The lowest BCUT2D eigenvalue weighted by molar-refractivity contribution is -0.152. The Balaban J connectivity index is 1.69. The van der Waals surface area contributed by atoms with Gasteiger partial charge in [-0.1, -0.05) is 23.2 Å². The van der Waals surface area contributed by atoms with Crippen molar-refractivity contribution in [3.63, 3.8) is 0 Å². The normalized spacial score (nSPS) is 11.3. The van der Waals surface area contributed by atoms with Crippen LogP contribution in [0.1, 0.15) is 25.2 Å². The average molecular weight is 436 g/mol. The molecule has 1 aromatic heterocycles. The van der Waals surface area contributed by atoms with Crippen molar-refractivity contribution in [1.29, 1.82) is 0 Å². The quantitative estimate of drug-likeness (QED) is 0.578. The van der Waals surface area contributed by atoms with Gasteiger partial charge in [-0.15, -0.1) is 5.10 Å². The van der Waals surface area contributed by atoms with Gasteiger partial charge in [0.1, 0.15) is 23.8 Å². The number of ether oxygens (including phenoxy) is 2. The molecule has 2 aromatic carbocycles. The molecule has 152 valence electrons. The number of aliphatic carboxylic acids is 1. The molecule has 0 fully saturated rings. The second-order valence-corrected chi connectivity index (χ2v) is 7.64. The molecule has 0 bridgehead atoms. The number of rotatable bonds is 7. The zero-order valence-electron chi connectivity index (χ0n) is 16.0. The Morgan fingerprint density at radius 2 is 1.83 bits per heavy atom. The first-order valence-electron chi connectivity index (χ1n) is 8.69. The first-order chi connectivity index (χ1) is 13.7. The third kappa shape index (κ3) is 4.99. The van der Waals surface area contributed by atoms with E-state index in [0.29, 0.717) is 16.5 Å². The molecule has 0 unspecified atom stereocenters. The number of aromatic nitrogens is 3. The third-order valence-electron chi connectivity index (χ3n) is 4.09. The number of hydrogen-bond donors (Lipinski definition) is 1. The van der Waals surface area contributed by atoms with Gasteiger partial charge >= 0.3 is 5.97 Å². The molecule has 9 heteroatoms. The molecule has 0 radical (unpaired) electrons. The Morgan fingerprint density at radius 1 is 1.14 bits per heavy atom. The van der Waals surface area contributed by atoms with E-state index in [1.807, 2.05) is 19.1 Å². The van der Waals surface area contributed by atoms with Crippen molar-refractivity contribution in [2.24, 2.45) is 0 Å². The number of nitrogens with zero attached hydrogens (tertiary/aromatic N) is 3. The van der Waals surface area contributed by atoms with Crippen LogP contribution in [0.5, 0.6) is 11.5 Å². The zero-order valence-corrected chi connectivity index (χ0v) is 17.5. The highest BCUT2D eigenvalue weighted by atomic mass is 35.5. The second kappa shape index (κ2) is 8.31. The van der Waals surface area contributed by atoms with Gasteiger partial charge in [0.05, 0.1) is 16.4 Å². The van der Waals surface area contributed by atoms with Crippen LogP contribution in [-0.2, 0) is 11.4 Å². The van der Waals surface area contributed by atoms with Crippen molar-refractivity contribution in [2.45, 2.75) is 33.0 Å². The van der Waals surface area contributed by atoms with Crippen molar-refractivity contribution < 1.29 is 19.4 Å². The number of hydrogen-bond acceptors (Lipinski definition) is 5. The Labute approximate surface area is 177 Å². The van der Waals surface area contributed by atoms with Gasteiger partial charge in [-0.25, -0.2) is 4.79 Å². The summed E-state index contributed by atoms with van der Waals surface area (Å²) in [5.41, 5.74) is 0.787. The van der Waals surface area contributed by atoms with Gasteiger partial charge in [0.25, 0.3) is 0 Å². The topological polar surface area (TPSA) is 86.5 Å². The molecule has 0 aliphatic heterocycles. The first kappa shape index (κ1) is 21.0. The molecule has 3 rings (SSSR count). The summed E-state index contributed by atoms with van der Waals surface area (Å²) in [6, 6.07) is 12.0. The molecular formula is C20H19Cl2N3O4. The highest BCUT2D eigenvalue weighted by Gasteiger charge is 2.30. The summed E-state index contributed by atoms with van der Waals surface area (Å²) < 4.78 is 11.2. The minimum Gasteiger partial charge on any atom is -0.487 e. The minimum absolute atomic E-state index is 0.191. The van der Waals surface area contributed by atoms with Crippen molar-refractivity contribution >= 4 is 29.2 Å². The van der Waals surface area contributed by atoms with Crippen LogP contribution in [0.15, 0.2) is 42.5 Å². The van der Waals surface area contributed by atoms with Gasteiger partial charge in [0.15, 0.2) is 5.60 Å². The molecule has 1 N–H and O–H groups in total. The van der Waals surface area contributed by atoms with Crippen LogP contribution in [-0.4, -0.2) is 31.7 Å². The third-order valence-corrected chi connectivity index (χ3v) is 4.64. The molecule has 7 nitrogen and oxygen atoms in total. The number of aryl methyl sites for hydroxylation is 1. The molecule has 0 aliphatic rings. The molecule has 0 spiro atoms. The van der Waals surface area contributed by atoms with E-state index in [0.717, 1.165) is 11.4 Å². The number of carbonyl (C=O) groups is 1. The van der Waals surface area contributed by atoms with E-state index in [2.05, 4.69) is 10.2 Å². The monoisotopic (exact) mass is 435 g/mol. The van der Waals surface area contributed by atoms with Gasteiger partial charge in [0.2, 0.25) is 0 Å². The maximum Gasteiger partial charge on any atom is 0.347 e. The minimum atomic E-state index is -1.40. The summed E-state index contributed by atoms with van der Waals surface area (Å²) in [6.07, 6.45) is 0. The molecule has 0 atom stereocenters. The lowest BCUT2D eigenvalue weighted by atomic mass is 10.1. The van der Waals surface area contributed by atoms with Crippen LogP contribution in [0.25, 0.3) is 5.69 Å². The summed E-state index contributed by atoms with van der Waals surface area (Å²) in [4.78, 5) is 12.7. The van der Waals surface area contributed by atoms with Gasteiger partial charge in [0, 0.05) is 11.1 Å². The molecule has 29 heavy (non-hydrogen) atoms. The first-order valence-corrected chi connectivity index (χ1v) is 9.45. The molecule has 3 aromatic rings. The van der Waals surface area contributed by atoms with Crippen molar-refractivity contribution in [1.82, 2.24) is 15.0 Å². The predicted octanol–water partition coefficient (Wildman–Crippen LogP) is 4.70. The van der Waals surface area contributed by atoms with Crippen molar-refractivity contribution in [3.8, 4) is 17.2 Å². The van der Waals surface area contributed by atoms with E-state index in [-0.39, 0.29) is 17.4 Å². The van der Waals surface area contributed by atoms with E-state index in [1.165, 1.54) is 18.6 Å². The van der Waals surface area contributed by atoms with Gasteiger partial charge < -0.3 is 14.6 Å². The Bertz CT molecular complexity index is 1030. The number of carboxylic acid groups (broad SMARTS) is 1. The van der Waals surface area contributed by atoms with Crippen molar-refractivity contribution in [2.75, 3.05) is 0 Å². The summed E-state index contributed by atoms with van der Waals surface area (Å²) in [7, 11) is 0. The summed E-state index contributed by atoms with van der Waals surface area (Å²) in [6.45, 7) is 4.93. The largest absolute Gasteiger partial charge is 0.487 e. The van der Waals surface area contributed by atoms with Crippen molar-refractivity contribution in [3.05, 3.63) is 63.9 Å². The lowest BCUT2D eigenvalue weighted by Gasteiger charge is -2.22. The summed E-state index contributed by atoms with van der Waals surface area (Å²) >= 11 is 12.1. The van der Waals surface area contributed by atoms with Crippen LogP contribution < -0.4 is 9.47 Å². The summed E-state index contributed by atoms with van der Waals surface area (Å²) in [5, 5.41) is 18.9. The van der Waals surface area contributed by atoms with Crippen LogP contribution in [0, 0.1) is 6.92 Å². The van der Waals surface area contributed by atoms with E-state index in [4.69, 9.17) is 37.8 Å². The average Bonchev–Trinajstić information content (AvgIpc) is 3.03. The predicted molar refractivity (Wildman–Crippen MR) is 109 cm³/mol. The SMILES string of the molecule is Cc1nn(-c2ccc(Cl)cc2)nc1COc1ccc(OC(C)(C)C(=O)O)c(Cl)c1. The fourth-order valence-corrected chi connectivity index (χ4v) is 2.69. The zero-order chi connectivity index (χ0) is 21.2. The number of carboxylic acids is 1. The van der Waals surface area contributed by atoms with Crippen LogP contribution >= 0.6 is 23.2 Å². The van der Waals surface area contributed by atoms with E-state index in [1.54, 1.807) is 30.3 Å². The molecule has 0 saturated heterocycles. The summed E-state index contributed by atoms with van der Waals surface area (Å²) in [5.74, 6) is -0.333. The highest BCUT2D eigenvalue weighted by Crippen LogP contribution is 2.32. The maximum atomic E-state index is 11.2. The second-order valence-electron chi connectivity index (χ2n) is 6.80. The van der Waals surface area contributed by atoms with E-state index >= 15 is 0 Å². The van der Waals surface area contributed by atoms with E-state index in [9.17, 15) is 4.79 Å². The van der Waals surface area contributed by atoms with Crippen LogP contribution in [0.4, 0.5) is 0 Å². The Hall–Kier alpha value is -2.77. The molecule has 0 amide bonds. The van der Waals surface area contributed by atoms with Crippen LogP contribution in [0.3, 0.4) is 0 Å². The highest BCUT2D eigenvalue weighted by molar-refractivity contribution is 6.32. The van der Waals surface area contributed by atoms with E-state index < -0.39 is 11.6 Å². The molecule has 1 heterocycles. The standard InChI is InChI=1S/C20H19Cl2N3O4/c1-12-17(24-25(23-12)14-6-4-13(21)5-7-14)11-28-15-8-9-18(16(22)10-15)29-20(2,3)19(26)27/h4-10H,11H2,1-3H3,(H,26,27). The Morgan fingerprint density at radius 3 is 2.45 bits per heavy atom. The smallest absolute Gasteiger partial charge is 0.347 e. The molecule has 0 aliphatic carbocycles. The number of benzene rings is 2. The Kier molecular flexibility index (Phi) is 6.00. The lowest BCUT2D eigenvalue weighted by Crippen LogP contribution is -2.37. The van der Waals surface area contributed by atoms with Gasteiger partial charge in [-0.2, -0.15) is 9.90 Å². The molecular weight excluding hydrogens is 417 g/mol. The molecule has 0 saturated carbocycles. The fraction of sp³-hybridized carbons (Fsp3) is 0.250. The maximum absolute atomic E-state index is 11.2. The van der Waals surface area contributed by atoms with Crippen LogP contribution in [0.2, 0.25) is 10.0 Å². The van der Waals surface area contributed by atoms with Gasteiger partial charge in [-0.3, -0.25) is 0 Å². The fourth-order valence-electron chi connectivity index (χ4n) is 2.36. The number of halogens is 2.